The number of piperazine rings is 1. The number of rotatable bonds is 4. The summed E-state index contributed by atoms with van der Waals surface area (Å²) in [4.78, 5) is 27.0. The van der Waals surface area contributed by atoms with Gasteiger partial charge in [0, 0.05) is 42.7 Å². The van der Waals surface area contributed by atoms with Crippen molar-refractivity contribution < 1.29 is 13.9 Å². The summed E-state index contributed by atoms with van der Waals surface area (Å²) < 4.78 is 11.4. The molecule has 6 nitrogen and oxygen atoms in total. The molecule has 1 aromatic heterocycles. The quantitative estimate of drug-likeness (QED) is 0.657. The number of nitrogens with one attached hydrogen (secondary N) is 1. The smallest absolute Gasteiger partial charge is 0.336 e. The van der Waals surface area contributed by atoms with Crippen LogP contribution >= 0.6 is 0 Å². The van der Waals surface area contributed by atoms with Crippen molar-refractivity contribution in [3.05, 3.63) is 64.5 Å². The summed E-state index contributed by atoms with van der Waals surface area (Å²) >= 11 is 0. The molecule has 1 N–H and O–H groups in total. The summed E-state index contributed by atoms with van der Waals surface area (Å²) in [6.07, 6.45) is 1.63. The Kier molecular flexibility index (Phi) is 5.02. The number of carbonyl (C=O) groups excluding carboxylic acids is 1. The SMILES string of the molecule is Cc1ccc(-c2cc(=O)oc3cc(O[C@H](C)C(=O)N4CC5CCC(C4)N5)ccc23)cc1. The third-order valence-electron chi connectivity index (χ3n) is 6.27. The molecule has 2 bridgehead atoms. The van der Waals surface area contributed by atoms with E-state index in [1.54, 1.807) is 13.0 Å². The minimum atomic E-state index is -0.609. The highest BCUT2D eigenvalue weighted by atomic mass is 16.5. The number of hydrogen-bond acceptors (Lipinski definition) is 5. The maximum atomic E-state index is 12.9. The van der Waals surface area contributed by atoms with Gasteiger partial charge in [-0.3, -0.25) is 4.79 Å². The van der Waals surface area contributed by atoms with E-state index in [1.165, 1.54) is 6.07 Å². The fourth-order valence-corrected chi connectivity index (χ4v) is 4.68. The molecule has 3 heterocycles. The fourth-order valence-electron chi connectivity index (χ4n) is 4.68. The molecular formula is C25H26N2O4. The van der Waals surface area contributed by atoms with E-state index in [1.807, 2.05) is 48.2 Å². The zero-order chi connectivity index (χ0) is 21.5. The number of benzene rings is 2. The molecule has 2 fully saturated rings. The van der Waals surface area contributed by atoms with Crippen LogP contribution in [0.1, 0.15) is 25.3 Å². The number of nitrogens with zero attached hydrogens (tertiary/aromatic N) is 1. The van der Waals surface area contributed by atoms with Gasteiger partial charge in [-0.05, 0) is 49.9 Å². The average molecular weight is 418 g/mol. The summed E-state index contributed by atoms with van der Waals surface area (Å²) in [5, 5.41) is 4.36. The highest BCUT2D eigenvalue weighted by Gasteiger charge is 2.36. The van der Waals surface area contributed by atoms with Gasteiger partial charge in [-0.25, -0.2) is 4.79 Å². The van der Waals surface area contributed by atoms with Gasteiger partial charge < -0.3 is 19.4 Å². The van der Waals surface area contributed by atoms with Gasteiger partial charge in [-0.2, -0.15) is 0 Å². The van der Waals surface area contributed by atoms with Gasteiger partial charge in [-0.15, -0.1) is 0 Å². The van der Waals surface area contributed by atoms with Crippen LogP contribution in [0.5, 0.6) is 5.75 Å². The first-order chi connectivity index (χ1) is 15.0. The van der Waals surface area contributed by atoms with Crippen molar-refractivity contribution in [1.29, 1.82) is 0 Å². The normalized spacial score (nSPS) is 21.3. The minimum Gasteiger partial charge on any atom is -0.481 e. The Morgan fingerprint density at radius 3 is 2.52 bits per heavy atom. The van der Waals surface area contributed by atoms with E-state index < -0.39 is 11.7 Å². The zero-order valence-electron chi connectivity index (χ0n) is 17.8. The molecule has 31 heavy (non-hydrogen) atoms. The third kappa shape index (κ3) is 3.95. The van der Waals surface area contributed by atoms with E-state index >= 15 is 0 Å². The summed E-state index contributed by atoms with van der Waals surface area (Å²) in [5.74, 6) is 0.504. The Bertz CT molecular complexity index is 1170. The fraction of sp³-hybridized carbons (Fsp3) is 0.360. The van der Waals surface area contributed by atoms with Crippen LogP contribution in [0.2, 0.25) is 0 Å². The molecule has 6 heteroatoms. The second kappa shape index (κ2) is 7.85. The van der Waals surface area contributed by atoms with Crippen LogP contribution in [-0.4, -0.2) is 42.1 Å². The zero-order valence-corrected chi connectivity index (χ0v) is 17.8. The molecule has 2 aliphatic rings. The maximum Gasteiger partial charge on any atom is 0.336 e. The van der Waals surface area contributed by atoms with Crippen molar-refractivity contribution in [2.24, 2.45) is 0 Å². The van der Waals surface area contributed by atoms with E-state index in [0.29, 0.717) is 23.4 Å². The van der Waals surface area contributed by atoms with Gasteiger partial charge in [0.1, 0.15) is 11.3 Å². The van der Waals surface area contributed by atoms with Crippen molar-refractivity contribution in [2.45, 2.75) is 44.9 Å². The highest BCUT2D eigenvalue weighted by molar-refractivity contribution is 5.93. The predicted molar refractivity (Wildman–Crippen MR) is 119 cm³/mol. The molecule has 2 saturated heterocycles. The lowest BCUT2D eigenvalue weighted by molar-refractivity contribution is -0.139. The standard InChI is InChI=1S/C25H26N2O4/c1-15-3-5-17(6-4-15)22-12-24(28)31-23-11-20(9-10-21(22)23)30-16(2)25(29)27-13-18-7-8-19(14-27)26-18/h3-6,9-12,16,18-19,26H,7-8,13-14H2,1-2H3/t16-,18?,19?/m1/s1. The molecular weight excluding hydrogens is 392 g/mol. The van der Waals surface area contributed by atoms with Gasteiger partial charge in [0.25, 0.3) is 5.91 Å². The van der Waals surface area contributed by atoms with Crippen LogP contribution in [0.15, 0.2) is 57.7 Å². The van der Waals surface area contributed by atoms with Crippen LogP contribution in [-0.2, 0) is 4.79 Å². The number of likely N-dealkylation sites (tertiary alicyclic amines) is 1. The molecule has 3 atom stereocenters. The minimum absolute atomic E-state index is 0.00615. The summed E-state index contributed by atoms with van der Waals surface area (Å²) in [7, 11) is 0. The molecule has 0 spiro atoms. The molecule has 2 aromatic carbocycles. The van der Waals surface area contributed by atoms with Crippen molar-refractivity contribution in [3.63, 3.8) is 0 Å². The van der Waals surface area contributed by atoms with Crippen LogP contribution in [0, 0.1) is 6.92 Å². The molecule has 1 amide bonds. The topological polar surface area (TPSA) is 71.8 Å². The number of ether oxygens (including phenoxy) is 1. The van der Waals surface area contributed by atoms with Gasteiger partial charge >= 0.3 is 5.63 Å². The number of fused-ring (bicyclic) bond motifs is 3. The number of aryl methyl sites for hydroxylation is 1. The number of hydrogen-bond donors (Lipinski definition) is 1. The molecule has 2 unspecified atom stereocenters. The van der Waals surface area contributed by atoms with E-state index in [9.17, 15) is 9.59 Å². The lowest BCUT2D eigenvalue weighted by Crippen LogP contribution is -2.55. The first kappa shape index (κ1) is 19.8. The number of amides is 1. The Morgan fingerprint density at radius 2 is 1.81 bits per heavy atom. The molecule has 5 rings (SSSR count). The first-order valence-electron chi connectivity index (χ1n) is 10.8. The maximum absolute atomic E-state index is 12.9. The number of carbonyl (C=O) groups is 1. The van der Waals surface area contributed by atoms with E-state index in [4.69, 9.17) is 9.15 Å². The van der Waals surface area contributed by atoms with Gasteiger partial charge in [-0.1, -0.05) is 29.8 Å². The second-order valence-corrected chi connectivity index (χ2v) is 8.64. The van der Waals surface area contributed by atoms with Crippen molar-refractivity contribution in [2.75, 3.05) is 13.1 Å². The molecule has 0 aliphatic carbocycles. The summed E-state index contributed by atoms with van der Waals surface area (Å²) in [6, 6.07) is 15.7. The molecule has 0 saturated carbocycles. The van der Waals surface area contributed by atoms with Gasteiger partial charge in [0.2, 0.25) is 0 Å². The van der Waals surface area contributed by atoms with Crippen LogP contribution in [0.3, 0.4) is 0 Å². The largest absolute Gasteiger partial charge is 0.481 e. The summed E-state index contributed by atoms with van der Waals surface area (Å²) in [6.45, 7) is 5.26. The summed E-state index contributed by atoms with van der Waals surface area (Å²) in [5.41, 5.74) is 2.95. The van der Waals surface area contributed by atoms with Crippen molar-refractivity contribution in [3.8, 4) is 16.9 Å². The lowest BCUT2D eigenvalue weighted by Gasteiger charge is -2.34. The second-order valence-electron chi connectivity index (χ2n) is 8.64. The van der Waals surface area contributed by atoms with Crippen molar-refractivity contribution in [1.82, 2.24) is 10.2 Å². The Labute approximate surface area is 180 Å². The van der Waals surface area contributed by atoms with Crippen LogP contribution in [0.25, 0.3) is 22.1 Å². The monoisotopic (exact) mass is 418 g/mol. The average Bonchev–Trinajstić information content (AvgIpc) is 3.10. The van der Waals surface area contributed by atoms with E-state index in [-0.39, 0.29) is 5.91 Å². The van der Waals surface area contributed by atoms with Gasteiger partial charge in [0.05, 0.1) is 0 Å². The Balaban J connectivity index is 1.39. The molecule has 0 radical (unpaired) electrons. The van der Waals surface area contributed by atoms with Crippen molar-refractivity contribution >= 4 is 16.9 Å². The van der Waals surface area contributed by atoms with E-state index in [2.05, 4.69) is 5.32 Å². The highest BCUT2D eigenvalue weighted by Crippen LogP contribution is 2.30. The molecule has 2 aliphatic heterocycles. The Hall–Kier alpha value is -3.12. The Morgan fingerprint density at radius 1 is 1.10 bits per heavy atom. The predicted octanol–water partition coefficient (Wildman–Crippen LogP) is 3.50. The first-order valence-corrected chi connectivity index (χ1v) is 10.8. The van der Waals surface area contributed by atoms with E-state index in [0.717, 1.165) is 48.0 Å². The third-order valence-corrected chi connectivity index (χ3v) is 6.27. The lowest BCUT2D eigenvalue weighted by atomic mass is 10.0. The van der Waals surface area contributed by atoms with Gasteiger partial charge in [0.15, 0.2) is 6.10 Å². The molecule has 3 aromatic rings. The van der Waals surface area contributed by atoms with Crippen LogP contribution < -0.4 is 15.7 Å². The van der Waals surface area contributed by atoms with Crippen LogP contribution in [0.4, 0.5) is 0 Å². The molecule has 160 valence electrons.